The first-order valence-corrected chi connectivity index (χ1v) is 3.79. The van der Waals surface area contributed by atoms with E-state index < -0.39 is 12.4 Å². The predicted molar refractivity (Wildman–Crippen MR) is 35.9 cm³/mol. The first kappa shape index (κ1) is 8.89. The molecule has 0 radical (unpaired) electrons. The summed E-state index contributed by atoms with van der Waals surface area (Å²) in [4.78, 5) is 0. The Labute approximate surface area is 64.9 Å². The number of aliphatic hydroxyl groups is 2. The summed E-state index contributed by atoms with van der Waals surface area (Å²) in [6.07, 6.45) is -1.21. The Bertz CT molecular complexity index is 133. The molecule has 5 nitrogen and oxygen atoms in total. The lowest BCUT2D eigenvalue weighted by molar-refractivity contribution is -0.489. The van der Waals surface area contributed by atoms with Crippen LogP contribution in [0.3, 0.4) is 0 Å². The summed E-state index contributed by atoms with van der Waals surface area (Å²) in [6, 6.07) is -0.229. The molecule has 0 aliphatic carbocycles. The molecular weight excluding hydrogens is 148 g/mol. The second-order valence-corrected chi connectivity index (χ2v) is 2.92. The van der Waals surface area contributed by atoms with Crippen LogP contribution in [0.4, 0.5) is 0 Å². The fourth-order valence-corrected chi connectivity index (χ4v) is 1.22. The Hall–Kier alpha value is -0.200. The minimum absolute atomic E-state index is 0.229. The molecular formula is C6H16N2O3+2. The molecule has 0 aromatic rings. The lowest BCUT2D eigenvalue weighted by atomic mass is 10.0. The molecule has 1 aliphatic heterocycles. The molecule has 11 heavy (non-hydrogen) atoms. The number of ether oxygens (including phenoxy) is 1. The summed E-state index contributed by atoms with van der Waals surface area (Å²) in [5, 5.41) is 18.5. The SMILES string of the molecule is [NH3+]CC1OC(O)C([NH3+])CC1O. The van der Waals surface area contributed by atoms with Gasteiger partial charge < -0.3 is 26.4 Å². The molecule has 5 heteroatoms. The Morgan fingerprint density at radius 2 is 2.09 bits per heavy atom. The number of rotatable bonds is 1. The van der Waals surface area contributed by atoms with E-state index in [1.165, 1.54) is 0 Å². The molecule has 4 atom stereocenters. The van der Waals surface area contributed by atoms with Crippen LogP contribution in [-0.4, -0.2) is 41.3 Å². The molecule has 1 fully saturated rings. The Morgan fingerprint density at radius 3 is 2.64 bits per heavy atom. The summed E-state index contributed by atoms with van der Waals surface area (Å²) in [7, 11) is 0. The van der Waals surface area contributed by atoms with Gasteiger partial charge in [-0.05, 0) is 0 Å². The van der Waals surface area contributed by atoms with Gasteiger partial charge in [0.15, 0.2) is 0 Å². The topological polar surface area (TPSA) is 105 Å². The van der Waals surface area contributed by atoms with E-state index in [2.05, 4.69) is 11.5 Å². The maximum absolute atomic E-state index is 9.34. The largest absolute Gasteiger partial charge is 0.390 e. The second kappa shape index (κ2) is 3.46. The smallest absolute Gasteiger partial charge is 0.208 e. The van der Waals surface area contributed by atoms with Gasteiger partial charge in [-0.25, -0.2) is 0 Å². The van der Waals surface area contributed by atoms with Gasteiger partial charge in [-0.15, -0.1) is 0 Å². The first-order valence-electron chi connectivity index (χ1n) is 3.79. The minimum Gasteiger partial charge on any atom is -0.390 e. The third kappa shape index (κ3) is 1.88. The molecule has 1 saturated heterocycles. The third-order valence-corrected chi connectivity index (χ3v) is 1.98. The van der Waals surface area contributed by atoms with Gasteiger partial charge in [0.05, 0.1) is 6.10 Å². The molecule has 0 saturated carbocycles. The van der Waals surface area contributed by atoms with E-state index in [1.54, 1.807) is 0 Å². The van der Waals surface area contributed by atoms with Crippen molar-refractivity contribution in [3.63, 3.8) is 0 Å². The Morgan fingerprint density at radius 1 is 1.45 bits per heavy atom. The van der Waals surface area contributed by atoms with Crippen molar-refractivity contribution < 1.29 is 26.4 Å². The first-order chi connectivity index (χ1) is 5.15. The van der Waals surface area contributed by atoms with Crippen molar-refractivity contribution >= 4 is 0 Å². The van der Waals surface area contributed by atoms with Gasteiger partial charge in [0.25, 0.3) is 0 Å². The van der Waals surface area contributed by atoms with Crippen molar-refractivity contribution in [3.8, 4) is 0 Å². The molecule has 0 aromatic carbocycles. The van der Waals surface area contributed by atoms with E-state index in [4.69, 9.17) is 4.74 Å². The third-order valence-electron chi connectivity index (χ3n) is 1.98. The molecule has 1 rings (SSSR count). The fourth-order valence-electron chi connectivity index (χ4n) is 1.22. The highest BCUT2D eigenvalue weighted by molar-refractivity contribution is 4.78. The van der Waals surface area contributed by atoms with Crippen LogP contribution in [0, 0.1) is 0 Å². The van der Waals surface area contributed by atoms with Crippen LogP contribution in [-0.2, 0) is 4.74 Å². The van der Waals surface area contributed by atoms with E-state index in [-0.39, 0.29) is 12.1 Å². The molecule has 8 N–H and O–H groups in total. The summed E-state index contributed by atoms with van der Waals surface area (Å²) in [5.74, 6) is 0. The highest BCUT2D eigenvalue weighted by atomic mass is 16.6. The average molecular weight is 164 g/mol. The van der Waals surface area contributed by atoms with Crippen LogP contribution in [0.5, 0.6) is 0 Å². The monoisotopic (exact) mass is 164 g/mol. The summed E-state index contributed by atoms with van der Waals surface area (Å²) >= 11 is 0. The average Bonchev–Trinajstić information content (AvgIpc) is 1.97. The van der Waals surface area contributed by atoms with Crippen LogP contribution < -0.4 is 11.5 Å². The van der Waals surface area contributed by atoms with Crippen LogP contribution >= 0.6 is 0 Å². The van der Waals surface area contributed by atoms with Crippen molar-refractivity contribution in [3.05, 3.63) is 0 Å². The standard InChI is InChI=1S/C6H14N2O3/c7-2-5-4(9)1-3(8)6(10)11-5/h3-6,9-10H,1-2,7-8H2/p+2. The molecule has 4 unspecified atom stereocenters. The fraction of sp³-hybridized carbons (Fsp3) is 1.00. The predicted octanol–water partition coefficient (Wildman–Crippen LogP) is -3.69. The van der Waals surface area contributed by atoms with Gasteiger partial charge in [-0.1, -0.05) is 0 Å². The summed E-state index contributed by atoms with van der Waals surface area (Å²) in [6.45, 7) is 0.477. The summed E-state index contributed by atoms with van der Waals surface area (Å²) < 4.78 is 5.04. The zero-order valence-electron chi connectivity index (χ0n) is 6.44. The quantitative estimate of drug-likeness (QED) is 0.320. The van der Waals surface area contributed by atoms with E-state index in [0.29, 0.717) is 13.0 Å². The highest BCUT2D eigenvalue weighted by Crippen LogP contribution is 2.14. The Kier molecular flexibility index (Phi) is 2.80. The molecule has 0 aromatic heterocycles. The van der Waals surface area contributed by atoms with Crippen molar-refractivity contribution in [1.29, 1.82) is 0 Å². The Balaban J connectivity index is 2.48. The molecule has 0 bridgehead atoms. The number of hydrogen-bond acceptors (Lipinski definition) is 3. The van der Waals surface area contributed by atoms with Crippen molar-refractivity contribution in [1.82, 2.24) is 0 Å². The van der Waals surface area contributed by atoms with Gasteiger partial charge in [-0.2, -0.15) is 0 Å². The maximum Gasteiger partial charge on any atom is 0.208 e. The highest BCUT2D eigenvalue weighted by Gasteiger charge is 2.36. The van der Waals surface area contributed by atoms with E-state index in [1.807, 2.05) is 0 Å². The zero-order chi connectivity index (χ0) is 8.43. The van der Waals surface area contributed by atoms with E-state index in [9.17, 15) is 10.2 Å². The second-order valence-electron chi connectivity index (χ2n) is 2.92. The van der Waals surface area contributed by atoms with Crippen LogP contribution in [0.25, 0.3) is 0 Å². The number of hydrogen-bond donors (Lipinski definition) is 4. The lowest BCUT2D eigenvalue weighted by Gasteiger charge is -2.31. The normalized spacial score (nSPS) is 45.8. The minimum atomic E-state index is -0.842. The zero-order valence-corrected chi connectivity index (χ0v) is 6.44. The van der Waals surface area contributed by atoms with Gasteiger partial charge in [0, 0.05) is 6.42 Å². The molecule has 1 heterocycles. The van der Waals surface area contributed by atoms with Crippen molar-refractivity contribution in [2.24, 2.45) is 0 Å². The number of quaternary nitrogens is 2. The van der Waals surface area contributed by atoms with Crippen LogP contribution in [0.1, 0.15) is 6.42 Å². The number of aliphatic hydroxyl groups excluding tert-OH is 2. The van der Waals surface area contributed by atoms with Crippen molar-refractivity contribution in [2.75, 3.05) is 6.54 Å². The van der Waals surface area contributed by atoms with Crippen LogP contribution in [0.2, 0.25) is 0 Å². The van der Waals surface area contributed by atoms with Gasteiger partial charge in [0.1, 0.15) is 18.7 Å². The molecule has 0 amide bonds. The van der Waals surface area contributed by atoms with E-state index >= 15 is 0 Å². The van der Waals surface area contributed by atoms with Gasteiger partial charge in [0.2, 0.25) is 6.29 Å². The molecule has 1 aliphatic rings. The summed E-state index contributed by atoms with van der Waals surface area (Å²) in [5.41, 5.74) is 7.24. The van der Waals surface area contributed by atoms with E-state index in [0.717, 1.165) is 0 Å². The van der Waals surface area contributed by atoms with Crippen LogP contribution in [0.15, 0.2) is 0 Å². The molecule has 0 spiro atoms. The maximum atomic E-state index is 9.34. The molecule has 66 valence electrons. The van der Waals surface area contributed by atoms with Gasteiger partial charge >= 0.3 is 0 Å². The lowest BCUT2D eigenvalue weighted by Crippen LogP contribution is -2.73. The van der Waals surface area contributed by atoms with Crippen molar-refractivity contribution in [2.45, 2.75) is 31.0 Å². The van der Waals surface area contributed by atoms with Gasteiger partial charge in [-0.3, -0.25) is 0 Å².